The second-order valence-corrected chi connectivity index (χ2v) is 2.32. The molecule has 0 unspecified atom stereocenters. The summed E-state index contributed by atoms with van der Waals surface area (Å²) in [5, 5.41) is 3.72. The van der Waals surface area contributed by atoms with Gasteiger partial charge in [-0.2, -0.15) is 0 Å². The van der Waals surface area contributed by atoms with E-state index in [9.17, 15) is 0 Å². The van der Waals surface area contributed by atoms with Crippen molar-refractivity contribution in [2.24, 2.45) is 5.16 Å². The molecular weight excluding hydrogens is 152 g/mol. The van der Waals surface area contributed by atoms with Crippen molar-refractivity contribution < 1.29 is 4.84 Å². The second-order valence-electron chi connectivity index (χ2n) is 2.32. The summed E-state index contributed by atoms with van der Waals surface area (Å²) in [6, 6.07) is 7.43. The van der Waals surface area contributed by atoms with Crippen LogP contribution in [0.15, 0.2) is 29.4 Å². The molecule has 0 aliphatic heterocycles. The van der Waals surface area contributed by atoms with Crippen LogP contribution in [-0.4, -0.2) is 12.8 Å². The first-order valence-corrected chi connectivity index (χ1v) is 3.84. The molecule has 1 aromatic rings. The highest BCUT2D eigenvalue weighted by atomic mass is 16.6. The summed E-state index contributed by atoms with van der Waals surface area (Å²) in [5.74, 6) is 0. The number of anilines is 1. The van der Waals surface area contributed by atoms with Crippen molar-refractivity contribution in [3.05, 3.63) is 29.8 Å². The Labute approximate surface area is 71.8 Å². The molecule has 3 nitrogen and oxygen atoms in total. The highest BCUT2D eigenvalue weighted by Crippen LogP contribution is 2.02. The Balaban J connectivity index is 2.58. The van der Waals surface area contributed by atoms with E-state index < -0.39 is 0 Å². The Morgan fingerprint density at radius 3 is 2.67 bits per heavy atom. The van der Waals surface area contributed by atoms with Crippen LogP contribution >= 0.6 is 0 Å². The van der Waals surface area contributed by atoms with E-state index in [4.69, 9.17) is 10.6 Å². The molecule has 0 atom stereocenters. The minimum Gasteiger partial charge on any atom is -0.399 e. The van der Waals surface area contributed by atoms with Gasteiger partial charge in [-0.25, -0.2) is 0 Å². The lowest BCUT2D eigenvalue weighted by atomic mass is 10.2. The molecule has 0 spiro atoms. The molecule has 3 heteroatoms. The minimum absolute atomic E-state index is 0.589. The number of oxime groups is 1. The van der Waals surface area contributed by atoms with Crippen molar-refractivity contribution in [1.82, 2.24) is 0 Å². The molecule has 0 heterocycles. The lowest BCUT2D eigenvalue weighted by Gasteiger charge is -1.94. The van der Waals surface area contributed by atoms with Crippen LogP contribution in [0.25, 0.3) is 0 Å². The Kier molecular flexibility index (Phi) is 3.14. The Hall–Kier alpha value is -1.51. The number of rotatable bonds is 3. The van der Waals surface area contributed by atoms with Gasteiger partial charge in [-0.1, -0.05) is 17.3 Å². The van der Waals surface area contributed by atoms with Gasteiger partial charge in [0, 0.05) is 5.69 Å². The molecule has 1 aromatic carbocycles. The number of hydrogen-bond acceptors (Lipinski definition) is 3. The van der Waals surface area contributed by atoms with Crippen molar-refractivity contribution in [3.8, 4) is 0 Å². The van der Waals surface area contributed by atoms with E-state index in [-0.39, 0.29) is 0 Å². The maximum absolute atomic E-state index is 5.51. The summed E-state index contributed by atoms with van der Waals surface area (Å²) in [5.41, 5.74) is 7.24. The number of nitrogen functional groups attached to an aromatic ring is 1. The van der Waals surface area contributed by atoms with E-state index >= 15 is 0 Å². The fraction of sp³-hybridized carbons (Fsp3) is 0.222. The molecule has 64 valence electrons. The summed E-state index contributed by atoms with van der Waals surface area (Å²) in [6.07, 6.45) is 1.66. The lowest BCUT2D eigenvalue weighted by Crippen LogP contribution is -1.86. The molecule has 2 N–H and O–H groups in total. The highest BCUT2D eigenvalue weighted by molar-refractivity contribution is 5.79. The zero-order valence-corrected chi connectivity index (χ0v) is 7.03. The third-order valence-electron chi connectivity index (χ3n) is 1.34. The SMILES string of the molecule is CCO/N=C/c1ccc(N)cc1. The first-order chi connectivity index (χ1) is 5.83. The molecule has 0 saturated carbocycles. The molecule has 1 rings (SSSR count). The molecule has 0 bridgehead atoms. The maximum Gasteiger partial charge on any atom is 0.114 e. The van der Waals surface area contributed by atoms with Gasteiger partial charge in [0.25, 0.3) is 0 Å². The quantitative estimate of drug-likeness (QED) is 0.419. The van der Waals surface area contributed by atoms with Crippen molar-refractivity contribution >= 4 is 11.9 Å². The largest absolute Gasteiger partial charge is 0.399 e. The third kappa shape index (κ3) is 2.62. The van der Waals surface area contributed by atoms with Crippen LogP contribution in [0.5, 0.6) is 0 Å². The van der Waals surface area contributed by atoms with Gasteiger partial charge in [-0.15, -0.1) is 0 Å². The van der Waals surface area contributed by atoms with Gasteiger partial charge in [0.1, 0.15) is 6.61 Å². The van der Waals surface area contributed by atoms with Crippen molar-refractivity contribution in [2.45, 2.75) is 6.92 Å². The van der Waals surface area contributed by atoms with Gasteiger partial charge in [-0.3, -0.25) is 0 Å². The molecule has 0 amide bonds. The van der Waals surface area contributed by atoms with E-state index in [2.05, 4.69) is 5.16 Å². The van der Waals surface area contributed by atoms with E-state index in [1.54, 1.807) is 6.21 Å². The number of nitrogens with two attached hydrogens (primary N) is 1. The second kappa shape index (κ2) is 4.38. The Morgan fingerprint density at radius 2 is 2.08 bits per heavy atom. The molecule has 0 aromatic heterocycles. The average molecular weight is 164 g/mol. The predicted octanol–water partition coefficient (Wildman–Crippen LogP) is 1.64. The first-order valence-electron chi connectivity index (χ1n) is 3.84. The smallest absolute Gasteiger partial charge is 0.114 e. The monoisotopic (exact) mass is 164 g/mol. The van der Waals surface area contributed by atoms with Gasteiger partial charge in [-0.05, 0) is 24.6 Å². The van der Waals surface area contributed by atoms with Gasteiger partial charge in [0.05, 0.1) is 6.21 Å². The van der Waals surface area contributed by atoms with Crippen molar-refractivity contribution in [3.63, 3.8) is 0 Å². The van der Waals surface area contributed by atoms with Crippen LogP contribution in [0.1, 0.15) is 12.5 Å². The topological polar surface area (TPSA) is 47.6 Å². The fourth-order valence-electron chi connectivity index (χ4n) is 0.755. The number of hydrogen-bond donors (Lipinski definition) is 1. The first kappa shape index (κ1) is 8.59. The van der Waals surface area contributed by atoms with Crippen molar-refractivity contribution in [1.29, 1.82) is 0 Å². The predicted molar refractivity (Wildman–Crippen MR) is 50.1 cm³/mol. The van der Waals surface area contributed by atoms with Gasteiger partial charge < -0.3 is 10.6 Å². The highest BCUT2D eigenvalue weighted by Gasteiger charge is 1.86. The van der Waals surface area contributed by atoms with Crippen LogP contribution in [0, 0.1) is 0 Å². The van der Waals surface area contributed by atoms with E-state index in [0.717, 1.165) is 11.3 Å². The normalized spacial score (nSPS) is 10.4. The zero-order valence-electron chi connectivity index (χ0n) is 7.03. The van der Waals surface area contributed by atoms with E-state index in [1.807, 2.05) is 31.2 Å². The molecule has 0 saturated heterocycles. The average Bonchev–Trinajstić information content (AvgIpc) is 2.09. The maximum atomic E-state index is 5.51. The number of nitrogens with zero attached hydrogens (tertiary/aromatic N) is 1. The van der Waals surface area contributed by atoms with E-state index in [1.165, 1.54) is 0 Å². The van der Waals surface area contributed by atoms with Crippen LogP contribution < -0.4 is 5.73 Å². The summed E-state index contributed by atoms with van der Waals surface area (Å²) in [7, 11) is 0. The fourth-order valence-corrected chi connectivity index (χ4v) is 0.755. The summed E-state index contributed by atoms with van der Waals surface area (Å²) < 4.78 is 0. The van der Waals surface area contributed by atoms with Crippen LogP contribution in [-0.2, 0) is 4.84 Å². The third-order valence-corrected chi connectivity index (χ3v) is 1.34. The molecule has 0 aliphatic carbocycles. The van der Waals surface area contributed by atoms with Gasteiger partial charge in [0.2, 0.25) is 0 Å². The number of benzene rings is 1. The van der Waals surface area contributed by atoms with E-state index in [0.29, 0.717) is 6.61 Å². The molecule has 0 radical (unpaired) electrons. The Bertz CT molecular complexity index is 254. The van der Waals surface area contributed by atoms with Crippen molar-refractivity contribution in [2.75, 3.05) is 12.3 Å². The summed E-state index contributed by atoms with van der Waals surface area (Å²) >= 11 is 0. The lowest BCUT2D eigenvalue weighted by molar-refractivity contribution is 0.160. The molecule has 0 fully saturated rings. The van der Waals surface area contributed by atoms with Crippen LogP contribution in [0.2, 0.25) is 0 Å². The minimum atomic E-state index is 0.589. The molecular formula is C9H12N2O. The summed E-state index contributed by atoms with van der Waals surface area (Å²) in [6.45, 7) is 2.48. The van der Waals surface area contributed by atoms with Crippen LogP contribution in [0.3, 0.4) is 0 Å². The summed E-state index contributed by atoms with van der Waals surface area (Å²) in [4.78, 5) is 4.81. The Morgan fingerprint density at radius 1 is 1.42 bits per heavy atom. The molecule has 0 aliphatic rings. The zero-order chi connectivity index (χ0) is 8.81. The molecule has 12 heavy (non-hydrogen) atoms. The van der Waals surface area contributed by atoms with Gasteiger partial charge >= 0.3 is 0 Å². The van der Waals surface area contributed by atoms with Gasteiger partial charge in [0.15, 0.2) is 0 Å². The standard InChI is InChI=1S/C9H12N2O/c1-2-12-11-7-8-3-5-9(10)6-4-8/h3-7H,2,10H2,1H3/b11-7+. The van der Waals surface area contributed by atoms with Crippen LogP contribution in [0.4, 0.5) is 5.69 Å².